The van der Waals surface area contributed by atoms with E-state index in [0.29, 0.717) is 11.2 Å². The van der Waals surface area contributed by atoms with Gasteiger partial charge in [0.15, 0.2) is 5.78 Å². The van der Waals surface area contributed by atoms with Gasteiger partial charge in [0, 0.05) is 12.8 Å². The number of ether oxygens (including phenoxy) is 1. The lowest BCUT2D eigenvalue weighted by Crippen LogP contribution is -2.58. The van der Waals surface area contributed by atoms with E-state index in [1.807, 2.05) is 6.08 Å². The second kappa shape index (κ2) is 4.47. The molecule has 5 aliphatic rings. The Bertz CT molecular complexity index is 544. The predicted molar refractivity (Wildman–Crippen MR) is 85.4 cm³/mol. The first-order valence-corrected chi connectivity index (χ1v) is 9.50. The molecule has 6 atom stereocenters. The molecular weight excluding hydrogens is 272 g/mol. The topological polar surface area (TPSA) is 26.3 Å². The van der Waals surface area contributed by atoms with Crippen LogP contribution in [-0.4, -0.2) is 18.0 Å². The summed E-state index contributed by atoms with van der Waals surface area (Å²) in [6, 6.07) is 0. The number of allylic oxidation sites excluding steroid dienone is 1. The van der Waals surface area contributed by atoms with E-state index in [0.717, 1.165) is 43.1 Å². The van der Waals surface area contributed by atoms with Gasteiger partial charge in [-0.2, -0.15) is 0 Å². The molecule has 1 aliphatic heterocycles. The molecule has 0 radical (unpaired) electrons. The Hall–Kier alpha value is -0.630. The second-order valence-electron chi connectivity index (χ2n) is 8.89. The van der Waals surface area contributed by atoms with Crippen LogP contribution in [0.25, 0.3) is 0 Å². The minimum Gasteiger partial charge on any atom is -0.374 e. The molecule has 2 heteroatoms. The van der Waals surface area contributed by atoms with Crippen molar-refractivity contribution in [2.45, 2.75) is 70.3 Å². The van der Waals surface area contributed by atoms with Gasteiger partial charge in [0.1, 0.15) is 0 Å². The summed E-state index contributed by atoms with van der Waals surface area (Å²) in [7, 11) is 0. The smallest absolute Gasteiger partial charge is 0.155 e. The summed E-state index contributed by atoms with van der Waals surface area (Å²) in [4.78, 5) is 11.8. The number of carbonyl (C=O) groups excluding carboxylic acids is 1. The maximum atomic E-state index is 11.8. The molecule has 22 heavy (non-hydrogen) atoms. The van der Waals surface area contributed by atoms with Crippen molar-refractivity contribution in [1.82, 2.24) is 0 Å². The van der Waals surface area contributed by atoms with Crippen LogP contribution in [0.2, 0.25) is 0 Å². The molecule has 2 nitrogen and oxygen atoms in total. The van der Waals surface area contributed by atoms with Gasteiger partial charge in [-0.3, -0.25) is 4.79 Å². The highest BCUT2D eigenvalue weighted by molar-refractivity contribution is 5.91. The fourth-order valence-electron chi connectivity index (χ4n) is 7.27. The van der Waals surface area contributed by atoms with Crippen molar-refractivity contribution < 1.29 is 9.53 Å². The maximum Gasteiger partial charge on any atom is 0.155 e. The lowest BCUT2D eigenvalue weighted by molar-refractivity contribution is -0.224. The van der Waals surface area contributed by atoms with Crippen molar-refractivity contribution in [3.63, 3.8) is 0 Å². The molecule has 0 amide bonds. The minimum atomic E-state index is 0.251. The minimum absolute atomic E-state index is 0.251. The number of carbonyl (C=O) groups is 1. The maximum absolute atomic E-state index is 11.8. The third kappa shape index (κ3) is 1.58. The van der Waals surface area contributed by atoms with Crippen LogP contribution in [0.15, 0.2) is 11.6 Å². The largest absolute Gasteiger partial charge is 0.374 e. The zero-order chi connectivity index (χ0) is 14.9. The Labute approximate surface area is 133 Å². The summed E-state index contributed by atoms with van der Waals surface area (Å²) < 4.78 is 6.20. The van der Waals surface area contributed by atoms with Crippen LogP contribution < -0.4 is 0 Å². The number of hydrogen-bond donors (Lipinski definition) is 0. The van der Waals surface area contributed by atoms with Crippen LogP contribution in [0.1, 0.15) is 64.7 Å². The monoisotopic (exact) mass is 300 g/mol. The van der Waals surface area contributed by atoms with Gasteiger partial charge in [0.25, 0.3) is 0 Å². The van der Waals surface area contributed by atoms with Gasteiger partial charge < -0.3 is 4.74 Å². The molecule has 4 aliphatic carbocycles. The Morgan fingerprint density at radius 3 is 2.68 bits per heavy atom. The summed E-state index contributed by atoms with van der Waals surface area (Å²) in [6.07, 6.45) is 13.2. The number of fused-ring (bicyclic) bond motifs is 6. The van der Waals surface area contributed by atoms with Crippen LogP contribution in [0.4, 0.5) is 0 Å². The van der Waals surface area contributed by atoms with E-state index in [4.69, 9.17) is 4.74 Å². The number of rotatable bonds is 0. The van der Waals surface area contributed by atoms with E-state index in [-0.39, 0.29) is 5.60 Å². The lowest BCUT2D eigenvalue weighted by atomic mass is 9.50. The van der Waals surface area contributed by atoms with Crippen LogP contribution >= 0.6 is 0 Å². The molecule has 3 saturated carbocycles. The summed E-state index contributed by atoms with van der Waals surface area (Å²) >= 11 is 0. The zero-order valence-corrected chi connectivity index (χ0v) is 13.8. The highest BCUT2D eigenvalue weighted by Gasteiger charge is 2.65. The average molecular weight is 300 g/mol. The number of ketones is 1. The van der Waals surface area contributed by atoms with Gasteiger partial charge in [0.2, 0.25) is 0 Å². The molecule has 1 heterocycles. The first kappa shape index (κ1) is 13.8. The van der Waals surface area contributed by atoms with E-state index in [1.165, 1.54) is 50.5 Å². The number of hydrogen-bond acceptors (Lipinski definition) is 2. The Morgan fingerprint density at radius 2 is 1.91 bits per heavy atom. The van der Waals surface area contributed by atoms with Crippen molar-refractivity contribution in [2.24, 2.45) is 29.1 Å². The average Bonchev–Trinajstić information content (AvgIpc) is 2.79. The van der Waals surface area contributed by atoms with Crippen molar-refractivity contribution in [1.29, 1.82) is 0 Å². The first-order valence-electron chi connectivity index (χ1n) is 9.50. The van der Waals surface area contributed by atoms with E-state index < -0.39 is 0 Å². The van der Waals surface area contributed by atoms with E-state index >= 15 is 0 Å². The summed E-state index contributed by atoms with van der Waals surface area (Å²) in [5.74, 6) is 3.76. The Morgan fingerprint density at radius 1 is 1.05 bits per heavy atom. The van der Waals surface area contributed by atoms with Gasteiger partial charge in [-0.1, -0.05) is 12.5 Å². The van der Waals surface area contributed by atoms with E-state index in [9.17, 15) is 4.79 Å². The highest BCUT2D eigenvalue weighted by atomic mass is 16.5. The van der Waals surface area contributed by atoms with Crippen molar-refractivity contribution >= 4 is 5.78 Å². The molecular formula is C20H28O2. The molecule has 0 aromatic heterocycles. The van der Waals surface area contributed by atoms with Gasteiger partial charge in [-0.15, -0.1) is 0 Å². The molecule has 1 spiro atoms. The van der Waals surface area contributed by atoms with Crippen molar-refractivity contribution in [3.8, 4) is 0 Å². The Kier molecular flexibility index (Phi) is 2.80. The normalized spacial score (nSPS) is 53.3. The third-order valence-corrected chi connectivity index (χ3v) is 8.47. The first-order chi connectivity index (χ1) is 10.6. The Balaban J connectivity index is 1.46. The molecule has 0 aromatic carbocycles. The van der Waals surface area contributed by atoms with Crippen molar-refractivity contribution in [2.75, 3.05) is 6.61 Å². The third-order valence-electron chi connectivity index (χ3n) is 8.47. The predicted octanol–water partition coefficient (Wildman–Crippen LogP) is 4.29. The molecule has 0 bridgehead atoms. The van der Waals surface area contributed by atoms with E-state index in [1.54, 1.807) is 0 Å². The summed E-state index contributed by atoms with van der Waals surface area (Å²) in [6.45, 7) is 3.55. The lowest BCUT2D eigenvalue weighted by Gasteiger charge is -2.59. The zero-order valence-electron chi connectivity index (χ0n) is 13.8. The van der Waals surface area contributed by atoms with Crippen molar-refractivity contribution in [3.05, 3.63) is 11.6 Å². The molecule has 4 fully saturated rings. The summed E-state index contributed by atoms with van der Waals surface area (Å²) in [5.41, 5.74) is 2.20. The van der Waals surface area contributed by atoms with E-state index in [2.05, 4.69) is 6.92 Å². The van der Waals surface area contributed by atoms with Crippen LogP contribution in [-0.2, 0) is 9.53 Å². The molecule has 5 rings (SSSR count). The SMILES string of the molecule is C[C@]12CC[C@@H]3[C@@H](CCC4=CC(=O)CC[C@H]43)[C@@H]1CC[C@@]21CCO1. The quantitative estimate of drug-likeness (QED) is 0.667. The van der Waals surface area contributed by atoms with Gasteiger partial charge >= 0.3 is 0 Å². The van der Waals surface area contributed by atoms with Crippen LogP contribution in [0.5, 0.6) is 0 Å². The highest BCUT2D eigenvalue weighted by Crippen LogP contribution is 2.68. The van der Waals surface area contributed by atoms with Gasteiger partial charge in [-0.25, -0.2) is 0 Å². The van der Waals surface area contributed by atoms with Gasteiger partial charge in [-0.05, 0) is 80.1 Å². The van der Waals surface area contributed by atoms with Crippen LogP contribution in [0, 0.1) is 29.1 Å². The second-order valence-corrected chi connectivity index (χ2v) is 8.89. The molecule has 0 aromatic rings. The molecule has 1 saturated heterocycles. The fraction of sp³-hybridized carbons (Fsp3) is 0.850. The van der Waals surface area contributed by atoms with Crippen LogP contribution in [0.3, 0.4) is 0 Å². The molecule has 0 N–H and O–H groups in total. The molecule has 0 unspecified atom stereocenters. The fourth-order valence-corrected chi connectivity index (χ4v) is 7.27. The molecule has 120 valence electrons. The standard InChI is InChI=1S/C20H28O2/c1-19-8-6-16-15-5-3-14(21)12-13(15)2-4-17(16)18(19)7-9-20(19)10-11-22-20/h12,15-18H,2-11H2,1H3/t15-,16+,17-,18+,19+,20-/m1/s1. The summed E-state index contributed by atoms with van der Waals surface area (Å²) in [5, 5.41) is 0. The van der Waals surface area contributed by atoms with Gasteiger partial charge in [0.05, 0.1) is 12.2 Å².